The van der Waals surface area contributed by atoms with Crippen molar-refractivity contribution in [2.75, 3.05) is 13.2 Å². The Hall–Kier alpha value is -3.15. The molecule has 412 valence electrons. The number of ether oxygens (including phenoxy) is 2. The average molecular weight is 1010 g/mol. The summed E-state index contributed by atoms with van der Waals surface area (Å²) in [5.41, 5.74) is 0. The van der Waals surface area contributed by atoms with Crippen LogP contribution >= 0.6 is 0 Å². The summed E-state index contributed by atoms with van der Waals surface area (Å²) in [7, 11) is 0. The van der Waals surface area contributed by atoms with Crippen molar-refractivity contribution in [2.45, 2.75) is 269 Å². The second-order valence-electron chi connectivity index (χ2n) is 19.7. The average Bonchev–Trinajstić information content (AvgIpc) is 3.38. The fourth-order valence-corrected chi connectivity index (χ4v) is 8.51. The zero-order chi connectivity index (χ0) is 52.2. The molecule has 7 unspecified atom stereocenters. The van der Waals surface area contributed by atoms with Gasteiger partial charge >= 0.3 is 0 Å². The van der Waals surface area contributed by atoms with Crippen LogP contribution in [0.4, 0.5) is 0 Å². The van der Waals surface area contributed by atoms with E-state index in [0.29, 0.717) is 6.42 Å². The Morgan fingerprint density at radius 2 is 0.875 bits per heavy atom. The normalized spacial score (nSPS) is 20.0. The first kappa shape index (κ1) is 66.9. The molecule has 1 aliphatic rings. The molecule has 0 radical (unpaired) electrons. The van der Waals surface area contributed by atoms with Gasteiger partial charge in [-0.05, 0) is 89.9 Å². The molecule has 1 aliphatic heterocycles. The minimum Gasteiger partial charge on any atom is -0.394 e. The summed E-state index contributed by atoms with van der Waals surface area (Å²) in [6.45, 7) is 3.60. The molecule has 1 fully saturated rings. The lowest BCUT2D eigenvalue weighted by Gasteiger charge is -2.40. The number of hydrogen-bond acceptors (Lipinski definition) is 8. The van der Waals surface area contributed by atoms with Crippen LogP contribution in [0.2, 0.25) is 0 Å². The van der Waals surface area contributed by atoms with E-state index in [0.717, 1.165) is 83.5 Å². The SMILES string of the molecule is CC/C=C\C/C=C\C/C=C\C/C=C\C/C=C\C/C=C\C/C=C\CCCCCCCCCCCCCCCCCCCC(=O)NC(COC1OC(CO)C(O)C(O)C1O)C(O)/C=C/CC/C=C/CCCCCC. The third kappa shape index (κ3) is 40.3. The van der Waals surface area contributed by atoms with Crippen molar-refractivity contribution in [1.82, 2.24) is 5.32 Å². The zero-order valence-corrected chi connectivity index (χ0v) is 45.6. The standard InChI is InChI=1S/C63H107NO8/c1-3-5-7-9-11-13-15-16-17-18-19-20-21-22-23-24-25-26-27-28-29-30-31-32-33-34-35-36-37-38-39-40-41-42-43-45-47-49-51-53-59(67)64-56(55-71-63-62(70)61(69)60(68)58(54-65)72-63)57(66)52-50-48-46-44-14-12-10-8-6-4-2/h5,7,11,13-14,16-17,19-20,22-23,25-26,28-29,44,50,52,56-58,60-63,65-66,68-70H,3-4,6,8-10,12,15,18,21,24,27,30-43,45-49,51,53-55H2,1-2H3,(H,64,67)/b7-5-,13-11-,17-16-,20-19-,23-22-,26-25-,29-28-,44-14+,52-50+. The molecule has 1 amide bonds. The number of carbonyl (C=O) groups is 1. The molecular formula is C63H107NO8. The van der Waals surface area contributed by atoms with E-state index in [2.05, 4.69) is 116 Å². The van der Waals surface area contributed by atoms with Crippen LogP contribution in [0.1, 0.15) is 226 Å². The van der Waals surface area contributed by atoms with Gasteiger partial charge in [-0.3, -0.25) is 4.79 Å². The number of aliphatic hydroxyl groups excluding tert-OH is 5. The molecular weight excluding hydrogens is 899 g/mol. The topological polar surface area (TPSA) is 149 Å². The van der Waals surface area contributed by atoms with Crippen LogP contribution in [0.3, 0.4) is 0 Å². The molecule has 0 aromatic carbocycles. The summed E-state index contributed by atoms with van der Waals surface area (Å²) >= 11 is 0. The van der Waals surface area contributed by atoms with E-state index in [1.165, 1.54) is 122 Å². The van der Waals surface area contributed by atoms with Crippen LogP contribution in [0.25, 0.3) is 0 Å². The van der Waals surface area contributed by atoms with E-state index in [9.17, 15) is 30.3 Å². The third-order valence-electron chi connectivity index (χ3n) is 13.1. The number of aliphatic hydroxyl groups is 5. The lowest BCUT2D eigenvalue weighted by atomic mass is 9.99. The summed E-state index contributed by atoms with van der Waals surface area (Å²) < 4.78 is 11.2. The zero-order valence-electron chi connectivity index (χ0n) is 45.6. The minimum atomic E-state index is -1.57. The first-order valence-corrected chi connectivity index (χ1v) is 29.1. The number of allylic oxidation sites excluding steroid dienone is 17. The van der Waals surface area contributed by atoms with Gasteiger partial charge in [0, 0.05) is 6.42 Å². The van der Waals surface area contributed by atoms with Gasteiger partial charge in [-0.15, -0.1) is 0 Å². The fourth-order valence-electron chi connectivity index (χ4n) is 8.51. The fraction of sp³-hybridized carbons (Fsp3) is 0.698. The molecule has 0 spiro atoms. The maximum atomic E-state index is 13.0. The highest BCUT2D eigenvalue weighted by atomic mass is 16.7. The first-order chi connectivity index (χ1) is 35.3. The van der Waals surface area contributed by atoms with Crippen LogP contribution < -0.4 is 5.32 Å². The molecule has 0 aliphatic carbocycles. The largest absolute Gasteiger partial charge is 0.394 e. The van der Waals surface area contributed by atoms with Crippen molar-refractivity contribution in [3.05, 3.63) is 109 Å². The van der Waals surface area contributed by atoms with Gasteiger partial charge in [-0.1, -0.05) is 239 Å². The number of rotatable bonds is 48. The van der Waals surface area contributed by atoms with Crippen LogP contribution in [0, 0.1) is 0 Å². The highest BCUT2D eigenvalue weighted by molar-refractivity contribution is 5.76. The molecule has 72 heavy (non-hydrogen) atoms. The Balaban J connectivity index is 2.07. The number of amides is 1. The Bertz CT molecular complexity index is 1490. The molecule has 0 aromatic heterocycles. The van der Waals surface area contributed by atoms with Crippen molar-refractivity contribution in [1.29, 1.82) is 0 Å². The van der Waals surface area contributed by atoms with Crippen LogP contribution in [0.5, 0.6) is 0 Å². The van der Waals surface area contributed by atoms with Gasteiger partial charge in [0.05, 0.1) is 25.4 Å². The lowest BCUT2D eigenvalue weighted by Crippen LogP contribution is -2.60. The Kier molecular flexibility index (Phi) is 47.7. The Labute approximate surface area is 440 Å². The quantitative estimate of drug-likeness (QED) is 0.0261. The van der Waals surface area contributed by atoms with E-state index < -0.39 is 49.5 Å². The third-order valence-corrected chi connectivity index (χ3v) is 13.1. The molecule has 9 heteroatoms. The minimum absolute atomic E-state index is 0.191. The van der Waals surface area contributed by atoms with Gasteiger partial charge in [0.15, 0.2) is 6.29 Å². The van der Waals surface area contributed by atoms with Crippen LogP contribution in [0.15, 0.2) is 109 Å². The number of nitrogens with one attached hydrogen (secondary N) is 1. The molecule has 1 rings (SSSR count). The maximum absolute atomic E-state index is 13.0. The molecule has 6 N–H and O–H groups in total. The van der Waals surface area contributed by atoms with Crippen molar-refractivity contribution < 1.29 is 39.8 Å². The predicted molar refractivity (Wildman–Crippen MR) is 304 cm³/mol. The monoisotopic (exact) mass is 1010 g/mol. The van der Waals surface area contributed by atoms with Crippen molar-refractivity contribution in [3.8, 4) is 0 Å². The molecule has 9 nitrogen and oxygen atoms in total. The van der Waals surface area contributed by atoms with Gasteiger partial charge in [0.2, 0.25) is 5.91 Å². The maximum Gasteiger partial charge on any atom is 0.220 e. The molecule has 7 atom stereocenters. The van der Waals surface area contributed by atoms with Crippen molar-refractivity contribution >= 4 is 5.91 Å². The van der Waals surface area contributed by atoms with Crippen molar-refractivity contribution in [3.63, 3.8) is 0 Å². The summed E-state index contributed by atoms with van der Waals surface area (Å²) in [4.78, 5) is 13.0. The molecule has 1 saturated heterocycles. The van der Waals surface area contributed by atoms with Gasteiger partial charge < -0.3 is 40.3 Å². The van der Waals surface area contributed by atoms with Crippen LogP contribution in [-0.4, -0.2) is 87.5 Å². The van der Waals surface area contributed by atoms with Gasteiger partial charge in [-0.25, -0.2) is 0 Å². The second kappa shape index (κ2) is 51.3. The highest BCUT2D eigenvalue weighted by Crippen LogP contribution is 2.23. The van der Waals surface area contributed by atoms with E-state index in [1.807, 2.05) is 6.08 Å². The predicted octanol–water partition coefficient (Wildman–Crippen LogP) is 14.6. The van der Waals surface area contributed by atoms with Crippen LogP contribution in [-0.2, 0) is 14.3 Å². The van der Waals surface area contributed by atoms with Gasteiger partial charge in [0.1, 0.15) is 24.4 Å². The van der Waals surface area contributed by atoms with E-state index in [4.69, 9.17) is 9.47 Å². The summed E-state index contributed by atoms with van der Waals surface area (Å²) in [5.74, 6) is -0.191. The lowest BCUT2D eigenvalue weighted by molar-refractivity contribution is -0.302. The molecule has 0 saturated carbocycles. The van der Waals surface area contributed by atoms with E-state index in [1.54, 1.807) is 6.08 Å². The summed E-state index contributed by atoms with van der Waals surface area (Å²) in [5, 5.41) is 54.2. The number of hydrogen-bond donors (Lipinski definition) is 6. The van der Waals surface area contributed by atoms with E-state index in [-0.39, 0.29) is 12.5 Å². The van der Waals surface area contributed by atoms with Gasteiger partial charge in [-0.2, -0.15) is 0 Å². The number of unbranched alkanes of at least 4 members (excludes halogenated alkanes) is 22. The van der Waals surface area contributed by atoms with Gasteiger partial charge in [0.25, 0.3) is 0 Å². The molecule has 0 aromatic rings. The Morgan fingerprint density at radius 1 is 0.486 bits per heavy atom. The smallest absolute Gasteiger partial charge is 0.220 e. The second-order valence-corrected chi connectivity index (χ2v) is 19.7. The van der Waals surface area contributed by atoms with E-state index >= 15 is 0 Å². The number of carbonyl (C=O) groups excluding carboxylic acids is 1. The van der Waals surface area contributed by atoms with Crippen molar-refractivity contribution in [2.24, 2.45) is 0 Å². The molecule has 0 bridgehead atoms. The highest BCUT2D eigenvalue weighted by Gasteiger charge is 2.44. The Morgan fingerprint density at radius 3 is 1.33 bits per heavy atom. The summed E-state index contributed by atoms with van der Waals surface area (Å²) in [6.07, 6.45) is 69.0. The first-order valence-electron chi connectivity index (χ1n) is 29.1. The summed E-state index contributed by atoms with van der Waals surface area (Å²) in [6, 6.07) is -0.824. The molecule has 1 heterocycles.